The van der Waals surface area contributed by atoms with Crippen LogP contribution in [-0.2, 0) is 20.8 Å². The summed E-state index contributed by atoms with van der Waals surface area (Å²) in [6, 6.07) is 11.1. The van der Waals surface area contributed by atoms with Crippen LogP contribution in [0.15, 0.2) is 59.7 Å². The zero-order valence-corrected chi connectivity index (χ0v) is 29.9. The van der Waals surface area contributed by atoms with E-state index in [0.29, 0.717) is 31.7 Å². The van der Waals surface area contributed by atoms with Crippen molar-refractivity contribution in [3.8, 4) is 16.9 Å². The van der Waals surface area contributed by atoms with E-state index in [2.05, 4.69) is 25.5 Å². The van der Waals surface area contributed by atoms with Crippen molar-refractivity contribution >= 4 is 40.2 Å². The van der Waals surface area contributed by atoms with Gasteiger partial charge in [-0.3, -0.25) is 9.59 Å². The summed E-state index contributed by atoms with van der Waals surface area (Å²) in [5, 5.41) is 11.6. The molecule has 4 aromatic rings. The van der Waals surface area contributed by atoms with Crippen LogP contribution in [0.1, 0.15) is 64.7 Å². The minimum atomic E-state index is -4.91. The van der Waals surface area contributed by atoms with E-state index in [1.54, 1.807) is 39.2 Å². The van der Waals surface area contributed by atoms with Crippen LogP contribution in [0.3, 0.4) is 0 Å². The van der Waals surface area contributed by atoms with E-state index in [9.17, 15) is 27.6 Å². The summed E-state index contributed by atoms with van der Waals surface area (Å²) in [5.41, 5.74) is 2.70. The van der Waals surface area contributed by atoms with Gasteiger partial charge in [0.1, 0.15) is 11.4 Å². The van der Waals surface area contributed by atoms with Crippen molar-refractivity contribution in [3.05, 3.63) is 75.8 Å². The number of amides is 2. The van der Waals surface area contributed by atoms with Crippen molar-refractivity contribution in [1.29, 1.82) is 0 Å². The maximum Gasteiger partial charge on any atom is 0.573 e. The van der Waals surface area contributed by atoms with Gasteiger partial charge in [0.15, 0.2) is 6.23 Å². The van der Waals surface area contributed by atoms with Crippen molar-refractivity contribution in [1.82, 2.24) is 25.0 Å². The summed E-state index contributed by atoms with van der Waals surface area (Å²) >= 11 is 6.01. The molecule has 2 aromatic heterocycles. The molecule has 0 aliphatic carbocycles. The molecule has 1 aliphatic rings. The first kappa shape index (κ1) is 38.5. The van der Waals surface area contributed by atoms with Gasteiger partial charge < -0.3 is 34.7 Å². The Morgan fingerprint density at radius 2 is 1.90 bits per heavy atom. The van der Waals surface area contributed by atoms with E-state index in [1.165, 1.54) is 17.0 Å². The highest BCUT2D eigenvalue weighted by Gasteiger charge is 2.32. The first-order valence-electron chi connectivity index (χ1n) is 17.0. The third-order valence-electron chi connectivity index (χ3n) is 8.10. The molecule has 5 rings (SSSR count). The molecule has 1 unspecified atom stereocenters. The van der Waals surface area contributed by atoms with E-state index in [4.69, 9.17) is 21.1 Å². The number of fused-ring (bicyclic) bond motifs is 1. The molecule has 3 N–H and O–H groups in total. The number of carbonyl (C=O) groups is 2. The van der Waals surface area contributed by atoms with Crippen LogP contribution in [0.25, 0.3) is 22.0 Å². The molecular formula is C36H42ClF3N6O6. The number of alkyl halides is 3. The van der Waals surface area contributed by atoms with Crippen LogP contribution in [-0.4, -0.2) is 69.9 Å². The second-order valence-electron chi connectivity index (χ2n) is 13.4. The van der Waals surface area contributed by atoms with Gasteiger partial charge >= 0.3 is 12.5 Å². The molecule has 0 radical (unpaired) electrons. The second-order valence-corrected chi connectivity index (χ2v) is 13.8. The van der Waals surface area contributed by atoms with Crippen molar-refractivity contribution < 1.29 is 37.0 Å². The molecule has 280 valence electrons. The van der Waals surface area contributed by atoms with Crippen molar-refractivity contribution in [2.75, 3.05) is 31.6 Å². The van der Waals surface area contributed by atoms with Gasteiger partial charge in [-0.1, -0.05) is 17.7 Å². The highest BCUT2D eigenvalue weighted by molar-refractivity contribution is 6.32. The summed E-state index contributed by atoms with van der Waals surface area (Å²) in [5.74, 6) is -0.863. The summed E-state index contributed by atoms with van der Waals surface area (Å²) in [7, 11) is 0. The number of nitrogens with one attached hydrogen (secondary N) is 3. The van der Waals surface area contributed by atoms with Crippen LogP contribution in [0.4, 0.5) is 23.7 Å². The molecule has 0 spiro atoms. The number of aromatic amines is 1. The molecule has 1 saturated heterocycles. The van der Waals surface area contributed by atoms with E-state index < -0.39 is 23.8 Å². The number of hydrogen-bond donors (Lipinski definition) is 3. The minimum Gasteiger partial charge on any atom is -0.444 e. The zero-order chi connectivity index (χ0) is 37.5. The topological polar surface area (TPSA) is 140 Å². The lowest BCUT2D eigenvalue weighted by Gasteiger charge is -2.27. The summed E-state index contributed by atoms with van der Waals surface area (Å²) in [4.78, 5) is 41.8. The van der Waals surface area contributed by atoms with E-state index in [-0.39, 0.29) is 42.2 Å². The number of benzene rings is 2. The summed E-state index contributed by atoms with van der Waals surface area (Å²) in [6.45, 7) is 6.55. The first-order chi connectivity index (χ1) is 24.6. The number of pyridine rings is 1. The molecule has 1 fully saturated rings. The van der Waals surface area contributed by atoms with Gasteiger partial charge in [0.25, 0.3) is 0 Å². The fraction of sp³-hybridized carbons (Fsp3) is 0.444. The molecular weight excluding hydrogens is 705 g/mol. The number of carbonyl (C=O) groups excluding carboxylic acids is 2. The number of ether oxygens (including phenoxy) is 3. The lowest BCUT2D eigenvalue weighted by atomic mass is 10.0. The minimum absolute atomic E-state index is 0.0147. The smallest absolute Gasteiger partial charge is 0.444 e. The number of rotatable bonds is 13. The molecule has 3 heterocycles. The SMILES string of the molecule is CC(C)(C)OC(=O)N(CCC(=O)NCCCNc1cc(-c2cc[nH]c(=O)c2)cc2c1cnn2C1CCCCO1)Cc1ccc(OC(F)(F)F)c(Cl)c1. The number of halogens is 4. The van der Waals surface area contributed by atoms with E-state index in [0.717, 1.165) is 53.0 Å². The molecule has 0 saturated carbocycles. The van der Waals surface area contributed by atoms with Gasteiger partial charge in [0.2, 0.25) is 11.5 Å². The zero-order valence-electron chi connectivity index (χ0n) is 29.1. The molecule has 1 atom stereocenters. The Morgan fingerprint density at radius 1 is 1.10 bits per heavy atom. The fourth-order valence-corrected chi connectivity index (χ4v) is 5.97. The van der Waals surface area contributed by atoms with Gasteiger partial charge in [-0.2, -0.15) is 5.10 Å². The van der Waals surface area contributed by atoms with Gasteiger partial charge in [-0.25, -0.2) is 9.48 Å². The number of anilines is 1. The van der Waals surface area contributed by atoms with Gasteiger partial charge in [-0.15, -0.1) is 13.2 Å². The normalized spacial score (nSPS) is 14.9. The summed E-state index contributed by atoms with van der Waals surface area (Å²) in [6.07, 6.45) is 1.07. The molecule has 1 aliphatic heterocycles. The van der Waals surface area contributed by atoms with Crippen LogP contribution in [0, 0.1) is 0 Å². The Morgan fingerprint density at radius 3 is 2.60 bits per heavy atom. The van der Waals surface area contributed by atoms with E-state index >= 15 is 0 Å². The lowest BCUT2D eigenvalue weighted by Crippen LogP contribution is -2.39. The Balaban J connectivity index is 1.18. The molecule has 16 heteroatoms. The van der Waals surface area contributed by atoms with E-state index in [1.807, 2.05) is 22.9 Å². The first-order valence-corrected chi connectivity index (χ1v) is 17.4. The summed E-state index contributed by atoms with van der Waals surface area (Å²) < 4.78 is 55.3. The van der Waals surface area contributed by atoms with Crippen molar-refractivity contribution in [2.24, 2.45) is 0 Å². The number of nitrogens with zero attached hydrogens (tertiary/aromatic N) is 3. The highest BCUT2D eigenvalue weighted by Crippen LogP contribution is 2.34. The maximum absolute atomic E-state index is 13.0. The van der Waals surface area contributed by atoms with Gasteiger partial charge in [0.05, 0.1) is 16.7 Å². The fourth-order valence-electron chi connectivity index (χ4n) is 5.72. The number of aromatic nitrogens is 3. The van der Waals surface area contributed by atoms with Crippen LogP contribution >= 0.6 is 11.6 Å². The molecule has 52 heavy (non-hydrogen) atoms. The van der Waals surface area contributed by atoms with Gasteiger partial charge in [-0.05, 0) is 93.5 Å². The Kier molecular flexibility index (Phi) is 12.4. The third-order valence-corrected chi connectivity index (χ3v) is 8.40. The quantitative estimate of drug-likeness (QED) is 0.120. The van der Waals surface area contributed by atoms with Crippen molar-refractivity contribution in [2.45, 2.75) is 77.6 Å². The predicted molar refractivity (Wildman–Crippen MR) is 190 cm³/mol. The maximum atomic E-state index is 13.0. The number of hydrogen-bond acceptors (Lipinski definition) is 8. The standard InChI is InChI=1S/C36H42ClF3N6O6/c1-35(2,3)52-34(49)45(22-23-8-9-30(27(37)17-23)51-36(38,39)40)15-11-31(47)42-13-6-12-41-28-18-25(24-10-14-43-32(48)20-24)19-29-26(28)21-44-46(29)33-7-4-5-16-50-33/h8-10,14,17-21,33,41H,4-7,11-13,15-16,22H2,1-3H3,(H,42,47)(H,43,48). The number of H-pyrrole nitrogens is 1. The monoisotopic (exact) mass is 746 g/mol. The second kappa shape index (κ2) is 16.7. The average molecular weight is 747 g/mol. The Hall–Kier alpha value is -4.76. The largest absolute Gasteiger partial charge is 0.573 e. The molecule has 2 aromatic carbocycles. The predicted octanol–water partition coefficient (Wildman–Crippen LogP) is 7.39. The van der Waals surface area contributed by atoms with Crippen LogP contribution in [0.2, 0.25) is 5.02 Å². The highest BCUT2D eigenvalue weighted by atomic mass is 35.5. The van der Waals surface area contributed by atoms with Crippen molar-refractivity contribution in [3.63, 3.8) is 0 Å². The Bertz CT molecular complexity index is 1920. The molecule has 2 amide bonds. The third kappa shape index (κ3) is 10.9. The average Bonchev–Trinajstić information content (AvgIpc) is 3.51. The molecule has 12 nitrogen and oxygen atoms in total. The molecule has 0 bridgehead atoms. The lowest BCUT2D eigenvalue weighted by molar-refractivity contribution is -0.274. The van der Waals surface area contributed by atoms with Gasteiger partial charge in [0, 0.05) is 62.5 Å². The van der Waals surface area contributed by atoms with Crippen LogP contribution < -0.4 is 20.9 Å². The Labute approximate surface area is 303 Å². The van der Waals surface area contributed by atoms with Crippen LogP contribution in [0.5, 0.6) is 5.75 Å².